The Morgan fingerprint density at radius 3 is 2.52 bits per heavy atom. The summed E-state index contributed by atoms with van der Waals surface area (Å²) in [5.74, 6) is 0.119. The number of hydrogen-bond donors (Lipinski definition) is 1. The summed E-state index contributed by atoms with van der Waals surface area (Å²) >= 11 is 0. The fraction of sp³-hybridized carbons (Fsp3) is 0.611. The lowest BCUT2D eigenvalue weighted by molar-refractivity contribution is -0.157. The van der Waals surface area contributed by atoms with Crippen molar-refractivity contribution in [3.05, 3.63) is 23.8 Å². The maximum absolute atomic E-state index is 12.9. The third-order valence-electron chi connectivity index (χ3n) is 4.48. The second-order valence-corrected chi connectivity index (χ2v) is 6.20. The molecule has 0 spiro atoms. The summed E-state index contributed by atoms with van der Waals surface area (Å²) < 4.78 is 40.4. The number of amides is 1. The van der Waals surface area contributed by atoms with Crippen LogP contribution in [0.4, 0.5) is 8.78 Å². The fourth-order valence-corrected chi connectivity index (χ4v) is 3.14. The molecule has 9 heteroatoms. The van der Waals surface area contributed by atoms with Gasteiger partial charge in [0.05, 0.1) is 6.61 Å². The van der Waals surface area contributed by atoms with Gasteiger partial charge in [-0.15, -0.1) is 12.4 Å². The quantitative estimate of drug-likeness (QED) is 0.716. The molecule has 1 fully saturated rings. The van der Waals surface area contributed by atoms with Gasteiger partial charge in [-0.3, -0.25) is 4.79 Å². The van der Waals surface area contributed by atoms with Crippen LogP contribution in [-0.4, -0.2) is 56.9 Å². The average Bonchev–Trinajstić information content (AvgIpc) is 2.63. The van der Waals surface area contributed by atoms with Crippen LogP contribution in [-0.2, 0) is 16.1 Å². The minimum Gasteiger partial charge on any atom is -0.490 e. The highest BCUT2D eigenvalue weighted by Gasteiger charge is 2.41. The number of likely N-dealkylation sites (N-methyl/N-ethyl adjacent to an activating group) is 1. The lowest BCUT2D eigenvalue weighted by Gasteiger charge is -2.37. The number of benzene rings is 1. The number of carbonyl (C=O) groups is 1. The number of nitrogens with one attached hydrogen (secondary N) is 1. The first-order valence-electron chi connectivity index (χ1n) is 8.64. The molecule has 1 aliphatic heterocycles. The Bertz CT molecular complexity index is 613. The monoisotopic (exact) mass is 408 g/mol. The van der Waals surface area contributed by atoms with E-state index in [1.807, 2.05) is 0 Å². The fourth-order valence-electron chi connectivity index (χ4n) is 3.14. The second kappa shape index (κ2) is 10.6. The first-order chi connectivity index (χ1) is 12.4. The second-order valence-electron chi connectivity index (χ2n) is 6.20. The summed E-state index contributed by atoms with van der Waals surface area (Å²) in [6.07, 6.45) is 1.22. The molecule has 0 aromatic heterocycles. The van der Waals surface area contributed by atoms with Gasteiger partial charge in [0.1, 0.15) is 5.60 Å². The molecule has 0 saturated carbocycles. The molecule has 154 valence electrons. The van der Waals surface area contributed by atoms with Gasteiger partial charge in [0, 0.05) is 20.7 Å². The van der Waals surface area contributed by atoms with Gasteiger partial charge in [-0.2, -0.15) is 8.78 Å². The summed E-state index contributed by atoms with van der Waals surface area (Å²) in [7, 11) is 3.26. The SMILES string of the molecule is CCOc1cc(CN(C)C(=O)C2(OC)CCNCC2)ccc1OC(F)F.Cl. The summed E-state index contributed by atoms with van der Waals surface area (Å²) in [6, 6.07) is 4.69. The standard InChI is InChI=1S/C18H26F2N2O4.ClH/c1-4-25-15-11-13(5-6-14(15)26-17(19)20)12-22(2)16(23)18(24-3)7-9-21-10-8-18;/h5-6,11,17,21H,4,7-10,12H2,1-3H3;1H. The zero-order valence-electron chi connectivity index (χ0n) is 15.8. The average molecular weight is 409 g/mol. The minimum atomic E-state index is -2.93. The van der Waals surface area contributed by atoms with Crippen LogP contribution in [0.15, 0.2) is 18.2 Å². The molecule has 0 unspecified atom stereocenters. The lowest BCUT2D eigenvalue weighted by Crippen LogP contribution is -2.54. The molecule has 1 amide bonds. The molecule has 1 aromatic rings. The van der Waals surface area contributed by atoms with Gasteiger partial charge in [-0.05, 0) is 50.6 Å². The molecular formula is C18H27ClF2N2O4. The summed E-state index contributed by atoms with van der Waals surface area (Å²) in [6.45, 7) is 0.909. The number of piperidine rings is 1. The number of alkyl halides is 2. The van der Waals surface area contributed by atoms with Crippen molar-refractivity contribution in [3.8, 4) is 11.5 Å². The Morgan fingerprint density at radius 1 is 1.30 bits per heavy atom. The normalized spacial score (nSPS) is 15.8. The van der Waals surface area contributed by atoms with E-state index in [0.29, 0.717) is 26.0 Å². The maximum atomic E-state index is 12.9. The van der Waals surface area contributed by atoms with Gasteiger partial charge in [-0.25, -0.2) is 0 Å². The molecule has 27 heavy (non-hydrogen) atoms. The largest absolute Gasteiger partial charge is 0.490 e. The Balaban J connectivity index is 0.00000364. The van der Waals surface area contributed by atoms with Crippen LogP contribution in [0.1, 0.15) is 25.3 Å². The van der Waals surface area contributed by atoms with Crippen molar-refractivity contribution < 1.29 is 27.8 Å². The van der Waals surface area contributed by atoms with Crippen molar-refractivity contribution in [2.75, 3.05) is 33.9 Å². The van der Waals surface area contributed by atoms with Gasteiger partial charge in [0.15, 0.2) is 11.5 Å². The highest BCUT2D eigenvalue weighted by molar-refractivity contribution is 5.85. The van der Waals surface area contributed by atoms with Crippen LogP contribution in [0.5, 0.6) is 11.5 Å². The summed E-state index contributed by atoms with van der Waals surface area (Å²) in [5, 5.41) is 3.22. The smallest absolute Gasteiger partial charge is 0.387 e. The Labute approximate surface area is 164 Å². The predicted octanol–water partition coefficient (Wildman–Crippen LogP) is 2.84. The Kier molecular flexibility index (Phi) is 9.21. The number of hydrogen-bond acceptors (Lipinski definition) is 5. The summed E-state index contributed by atoms with van der Waals surface area (Å²) in [5.41, 5.74) is -0.0623. The highest BCUT2D eigenvalue weighted by atomic mass is 35.5. The minimum absolute atomic E-state index is 0. The van der Waals surface area contributed by atoms with Gasteiger partial charge < -0.3 is 24.4 Å². The number of halogens is 3. The third-order valence-corrected chi connectivity index (χ3v) is 4.48. The van der Waals surface area contributed by atoms with Crippen molar-refractivity contribution in [1.82, 2.24) is 10.2 Å². The molecule has 0 aliphatic carbocycles. The van der Waals surface area contributed by atoms with Crippen molar-refractivity contribution in [2.45, 2.75) is 38.5 Å². The van der Waals surface area contributed by atoms with Crippen molar-refractivity contribution >= 4 is 18.3 Å². The van der Waals surface area contributed by atoms with Gasteiger partial charge >= 0.3 is 6.61 Å². The van der Waals surface area contributed by atoms with E-state index < -0.39 is 12.2 Å². The Morgan fingerprint density at radius 2 is 1.96 bits per heavy atom. The van der Waals surface area contributed by atoms with E-state index in [1.54, 1.807) is 38.1 Å². The van der Waals surface area contributed by atoms with Crippen LogP contribution in [0.2, 0.25) is 0 Å². The number of rotatable bonds is 8. The molecule has 1 heterocycles. The molecule has 1 aliphatic rings. The van der Waals surface area contributed by atoms with E-state index in [1.165, 1.54) is 6.07 Å². The number of nitrogens with zero attached hydrogens (tertiary/aromatic N) is 1. The molecule has 6 nitrogen and oxygen atoms in total. The van der Waals surface area contributed by atoms with Crippen molar-refractivity contribution in [3.63, 3.8) is 0 Å². The van der Waals surface area contributed by atoms with Crippen LogP contribution in [0.3, 0.4) is 0 Å². The zero-order valence-corrected chi connectivity index (χ0v) is 16.6. The summed E-state index contributed by atoms with van der Waals surface area (Å²) in [4.78, 5) is 14.5. The molecule has 1 aromatic carbocycles. The van der Waals surface area contributed by atoms with Gasteiger partial charge in [0.2, 0.25) is 0 Å². The third kappa shape index (κ3) is 5.92. The zero-order chi connectivity index (χ0) is 19.2. The maximum Gasteiger partial charge on any atom is 0.387 e. The molecular weight excluding hydrogens is 382 g/mol. The predicted molar refractivity (Wildman–Crippen MR) is 99.8 cm³/mol. The first-order valence-corrected chi connectivity index (χ1v) is 8.64. The van der Waals surface area contributed by atoms with Crippen LogP contribution in [0, 0.1) is 0 Å². The first kappa shape index (κ1) is 23.4. The van der Waals surface area contributed by atoms with Crippen molar-refractivity contribution in [2.24, 2.45) is 0 Å². The van der Waals surface area contributed by atoms with Crippen LogP contribution < -0.4 is 14.8 Å². The van der Waals surface area contributed by atoms with Crippen molar-refractivity contribution in [1.29, 1.82) is 0 Å². The van der Waals surface area contributed by atoms with E-state index >= 15 is 0 Å². The van der Waals surface area contributed by atoms with Crippen LogP contribution in [0.25, 0.3) is 0 Å². The van der Waals surface area contributed by atoms with E-state index in [0.717, 1.165) is 18.7 Å². The molecule has 1 N–H and O–H groups in total. The van der Waals surface area contributed by atoms with Gasteiger partial charge in [0.25, 0.3) is 5.91 Å². The number of carbonyl (C=O) groups excluding carboxylic acids is 1. The molecule has 1 saturated heterocycles. The van der Waals surface area contributed by atoms with E-state index in [2.05, 4.69) is 10.1 Å². The lowest BCUT2D eigenvalue weighted by atomic mass is 9.90. The highest BCUT2D eigenvalue weighted by Crippen LogP contribution is 2.31. The number of ether oxygens (including phenoxy) is 3. The molecule has 0 radical (unpaired) electrons. The topological polar surface area (TPSA) is 60.0 Å². The van der Waals surface area contributed by atoms with E-state index in [-0.39, 0.29) is 29.8 Å². The van der Waals surface area contributed by atoms with E-state index in [9.17, 15) is 13.6 Å². The Hall–Kier alpha value is -1.64. The van der Waals surface area contributed by atoms with Gasteiger partial charge in [-0.1, -0.05) is 6.07 Å². The number of methoxy groups -OCH3 is 1. The van der Waals surface area contributed by atoms with E-state index in [4.69, 9.17) is 9.47 Å². The molecule has 0 bridgehead atoms. The van der Waals surface area contributed by atoms with Crippen LogP contribution >= 0.6 is 12.4 Å². The molecule has 0 atom stereocenters. The molecule has 2 rings (SSSR count).